The molecule has 3 rings (SSSR count). The number of nitrogens with zero attached hydrogens (tertiary/aromatic N) is 1. The van der Waals surface area contributed by atoms with Crippen LogP contribution in [0.15, 0.2) is 18.3 Å². The van der Waals surface area contributed by atoms with Crippen molar-refractivity contribution >= 4 is 0 Å². The highest BCUT2D eigenvalue weighted by Crippen LogP contribution is 2.38. The Morgan fingerprint density at radius 1 is 1.42 bits per heavy atom. The molecule has 1 aliphatic carbocycles. The zero-order valence-corrected chi connectivity index (χ0v) is 6.96. The van der Waals surface area contributed by atoms with E-state index in [1.54, 1.807) is 0 Å². The summed E-state index contributed by atoms with van der Waals surface area (Å²) in [7, 11) is 0. The van der Waals surface area contributed by atoms with Crippen molar-refractivity contribution in [3.63, 3.8) is 0 Å². The summed E-state index contributed by atoms with van der Waals surface area (Å²) < 4.78 is 0. The average molecular weight is 160 g/mol. The van der Waals surface area contributed by atoms with Crippen molar-refractivity contribution in [2.24, 2.45) is 5.92 Å². The molecule has 2 heterocycles. The van der Waals surface area contributed by atoms with E-state index in [1.807, 2.05) is 12.3 Å². The summed E-state index contributed by atoms with van der Waals surface area (Å²) in [5.41, 5.74) is 2.83. The zero-order valence-electron chi connectivity index (χ0n) is 6.96. The third-order valence-corrected chi connectivity index (χ3v) is 3.10. The first kappa shape index (κ1) is 6.61. The van der Waals surface area contributed by atoms with Crippen LogP contribution >= 0.6 is 0 Å². The summed E-state index contributed by atoms with van der Waals surface area (Å²) >= 11 is 0. The fourth-order valence-electron chi connectivity index (χ4n) is 2.51. The first-order chi connectivity index (χ1) is 5.95. The van der Waals surface area contributed by atoms with E-state index >= 15 is 0 Å². The van der Waals surface area contributed by atoms with Crippen LogP contribution in [0.25, 0.3) is 0 Å². The molecule has 0 saturated carbocycles. The Labute approximate surface area is 72.0 Å². The highest BCUT2D eigenvalue weighted by Gasteiger charge is 2.36. The van der Waals surface area contributed by atoms with Crippen molar-refractivity contribution in [1.82, 2.24) is 10.3 Å². The van der Waals surface area contributed by atoms with Gasteiger partial charge in [-0.3, -0.25) is 4.98 Å². The molecule has 1 aromatic heterocycles. The second kappa shape index (κ2) is 2.30. The monoisotopic (exact) mass is 160 g/mol. The van der Waals surface area contributed by atoms with Crippen LogP contribution in [0.4, 0.5) is 0 Å². The molecule has 0 radical (unpaired) electrons. The minimum absolute atomic E-state index is 0.709. The van der Waals surface area contributed by atoms with Gasteiger partial charge in [0.1, 0.15) is 0 Å². The van der Waals surface area contributed by atoms with E-state index in [1.165, 1.54) is 24.2 Å². The molecule has 1 aliphatic heterocycles. The van der Waals surface area contributed by atoms with Gasteiger partial charge < -0.3 is 5.32 Å². The van der Waals surface area contributed by atoms with Crippen LogP contribution in [0.5, 0.6) is 0 Å². The highest BCUT2D eigenvalue weighted by atomic mass is 14.9. The Balaban J connectivity index is 2.09. The Bertz CT molecular complexity index is 308. The smallest absolute Gasteiger partial charge is 0.0482 e. The second-order valence-corrected chi connectivity index (χ2v) is 3.78. The van der Waals surface area contributed by atoms with Gasteiger partial charge in [0.2, 0.25) is 0 Å². The number of aromatic nitrogens is 1. The Kier molecular flexibility index (Phi) is 1.27. The van der Waals surface area contributed by atoms with Gasteiger partial charge in [-0.1, -0.05) is 6.07 Å². The molecule has 1 N–H and O–H groups in total. The van der Waals surface area contributed by atoms with Gasteiger partial charge in [-0.05, 0) is 30.5 Å². The lowest BCUT2D eigenvalue weighted by molar-refractivity contribution is 0.559. The third-order valence-electron chi connectivity index (χ3n) is 3.10. The first-order valence-corrected chi connectivity index (χ1v) is 4.59. The predicted molar refractivity (Wildman–Crippen MR) is 47.0 cm³/mol. The van der Waals surface area contributed by atoms with Crippen molar-refractivity contribution in [3.8, 4) is 0 Å². The van der Waals surface area contributed by atoms with Gasteiger partial charge in [-0.15, -0.1) is 0 Å². The molecule has 0 amide bonds. The molecular weight excluding hydrogens is 148 g/mol. The third kappa shape index (κ3) is 0.758. The fourth-order valence-corrected chi connectivity index (χ4v) is 2.51. The predicted octanol–water partition coefficient (Wildman–Crippen LogP) is 0.941. The maximum Gasteiger partial charge on any atom is 0.0482 e. The van der Waals surface area contributed by atoms with Crippen LogP contribution in [-0.4, -0.2) is 18.1 Å². The molecule has 62 valence electrons. The lowest BCUT2D eigenvalue weighted by Crippen LogP contribution is -2.10. The number of nitrogens with one attached hydrogen (secondary N) is 1. The lowest BCUT2D eigenvalue weighted by atomic mass is 9.99. The van der Waals surface area contributed by atoms with Gasteiger partial charge in [0.15, 0.2) is 0 Å². The van der Waals surface area contributed by atoms with E-state index in [9.17, 15) is 0 Å². The molecule has 0 spiro atoms. The maximum atomic E-state index is 4.46. The van der Waals surface area contributed by atoms with Crippen molar-refractivity contribution in [3.05, 3.63) is 29.6 Å². The lowest BCUT2D eigenvalue weighted by Gasteiger charge is -2.05. The number of fused-ring (bicyclic) bond motifs is 3. The summed E-state index contributed by atoms with van der Waals surface area (Å²) in [5.74, 6) is 1.54. The van der Waals surface area contributed by atoms with Gasteiger partial charge in [-0.2, -0.15) is 0 Å². The molecule has 2 nitrogen and oxygen atoms in total. The molecule has 0 aromatic carbocycles. The van der Waals surface area contributed by atoms with E-state index in [0.717, 1.165) is 12.5 Å². The van der Waals surface area contributed by atoms with E-state index in [0.29, 0.717) is 5.92 Å². The van der Waals surface area contributed by atoms with E-state index in [-0.39, 0.29) is 0 Å². The molecule has 12 heavy (non-hydrogen) atoms. The maximum absolute atomic E-state index is 4.46. The minimum Gasteiger partial charge on any atom is -0.316 e. The Morgan fingerprint density at radius 2 is 2.42 bits per heavy atom. The number of hydrogen-bond acceptors (Lipinski definition) is 2. The van der Waals surface area contributed by atoms with Crippen molar-refractivity contribution in [2.75, 3.05) is 13.1 Å². The second-order valence-electron chi connectivity index (χ2n) is 3.78. The molecule has 1 fully saturated rings. The number of pyridine rings is 1. The summed E-state index contributed by atoms with van der Waals surface area (Å²) in [5, 5.41) is 3.43. The highest BCUT2D eigenvalue weighted by molar-refractivity contribution is 5.32. The summed E-state index contributed by atoms with van der Waals surface area (Å²) in [6, 6.07) is 4.27. The Morgan fingerprint density at radius 3 is 3.42 bits per heavy atom. The number of hydrogen-bond donors (Lipinski definition) is 1. The molecule has 2 aliphatic rings. The summed E-state index contributed by atoms with van der Waals surface area (Å²) in [4.78, 5) is 4.46. The van der Waals surface area contributed by atoms with E-state index in [4.69, 9.17) is 0 Å². The van der Waals surface area contributed by atoms with Crippen LogP contribution in [0.3, 0.4) is 0 Å². The van der Waals surface area contributed by atoms with E-state index < -0.39 is 0 Å². The quantitative estimate of drug-likeness (QED) is 0.611. The fraction of sp³-hybridized carbons (Fsp3) is 0.500. The van der Waals surface area contributed by atoms with Crippen LogP contribution in [0.2, 0.25) is 0 Å². The van der Waals surface area contributed by atoms with Gasteiger partial charge in [0.05, 0.1) is 0 Å². The van der Waals surface area contributed by atoms with Gasteiger partial charge in [0.25, 0.3) is 0 Å². The van der Waals surface area contributed by atoms with E-state index in [2.05, 4.69) is 16.4 Å². The molecule has 2 unspecified atom stereocenters. The van der Waals surface area contributed by atoms with Gasteiger partial charge in [-0.25, -0.2) is 0 Å². The normalized spacial score (nSPS) is 31.7. The van der Waals surface area contributed by atoms with Gasteiger partial charge >= 0.3 is 0 Å². The SMILES string of the molecule is c1cnc2c(c1)CC1CNCC21. The molecule has 0 bridgehead atoms. The largest absolute Gasteiger partial charge is 0.316 e. The molecule has 1 saturated heterocycles. The molecular formula is C10H12N2. The van der Waals surface area contributed by atoms with Gasteiger partial charge in [0, 0.05) is 24.4 Å². The van der Waals surface area contributed by atoms with Crippen LogP contribution in [0, 0.1) is 5.92 Å². The summed E-state index contributed by atoms with van der Waals surface area (Å²) in [6.07, 6.45) is 3.15. The molecule has 1 aromatic rings. The van der Waals surface area contributed by atoms with Crippen LogP contribution in [-0.2, 0) is 6.42 Å². The van der Waals surface area contributed by atoms with Crippen molar-refractivity contribution in [1.29, 1.82) is 0 Å². The first-order valence-electron chi connectivity index (χ1n) is 4.59. The van der Waals surface area contributed by atoms with Crippen LogP contribution in [0.1, 0.15) is 17.2 Å². The van der Waals surface area contributed by atoms with Crippen LogP contribution < -0.4 is 5.32 Å². The average Bonchev–Trinajstić information content (AvgIpc) is 2.62. The minimum atomic E-state index is 0.709. The van der Waals surface area contributed by atoms with Crippen molar-refractivity contribution in [2.45, 2.75) is 12.3 Å². The Hall–Kier alpha value is -0.890. The summed E-state index contributed by atoms with van der Waals surface area (Å²) in [6.45, 7) is 2.32. The standard InChI is InChI=1S/C10H12N2/c1-2-7-4-8-5-11-6-9(8)10(7)12-3-1/h1-3,8-9,11H,4-6H2. The molecule has 2 heteroatoms. The zero-order chi connectivity index (χ0) is 7.97. The number of rotatable bonds is 0. The topological polar surface area (TPSA) is 24.9 Å². The molecule has 2 atom stereocenters. The van der Waals surface area contributed by atoms with Crippen molar-refractivity contribution < 1.29 is 0 Å².